The number of halogens is 3. The van der Waals surface area contributed by atoms with Gasteiger partial charge in [0.25, 0.3) is 6.43 Å². The van der Waals surface area contributed by atoms with Gasteiger partial charge in [0.2, 0.25) is 0 Å². The van der Waals surface area contributed by atoms with E-state index in [9.17, 15) is 8.78 Å². The summed E-state index contributed by atoms with van der Waals surface area (Å²) in [6.07, 6.45) is -1.71. The number of pyridine rings is 1. The van der Waals surface area contributed by atoms with Gasteiger partial charge >= 0.3 is 0 Å². The molecule has 0 unspecified atom stereocenters. The molecule has 3 nitrogen and oxygen atoms in total. The molecule has 0 saturated carbocycles. The highest BCUT2D eigenvalue weighted by atomic mass is 35.5. The second-order valence-electron chi connectivity index (χ2n) is 2.64. The Morgan fingerprint density at radius 3 is 2.64 bits per heavy atom. The first kappa shape index (κ1) is 11.1. The largest absolute Gasteiger partial charge is 0.398 e. The van der Waals surface area contributed by atoms with E-state index in [-0.39, 0.29) is 22.7 Å². The summed E-state index contributed by atoms with van der Waals surface area (Å²) in [5.41, 5.74) is 5.44. The maximum atomic E-state index is 12.3. The molecule has 0 amide bonds. The van der Waals surface area contributed by atoms with Crippen LogP contribution in [-0.2, 0) is 12.5 Å². The fraction of sp³-hybridized carbons (Fsp3) is 0.375. The summed E-state index contributed by atoms with van der Waals surface area (Å²) in [6.45, 7) is -0.443. The summed E-state index contributed by atoms with van der Waals surface area (Å²) in [4.78, 5) is 3.70. The molecule has 0 aliphatic carbocycles. The van der Waals surface area contributed by atoms with Crippen LogP contribution in [0.1, 0.15) is 23.2 Å². The molecule has 0 fully saturated rings. The van der Waals surface area contributed by atoms with Crippen LogP contribution in [0.25, 0.3) is 0 Å². The molecule has 1 rings (SSSR count). The van der Waals surface area contributed by atoms with E-state index in [4.69, 9.17) is 22.4 Å². The molecule has 0 saturated heterocycles. The van der Waals surface area contributed by atoms with Crippen LogP contribution in [0, 0.1) is 0 Å². The average molecular weight is 223 g/mol. The predicted molar refractivity (Wildman–Crippen MR) is 49.1 cm³/mol. The van der Waals surface area contributed by atoms with Crippen molar-refractivity contribution in [3.63, 3.8) is 0 Å². The van der Waals surface area contributed by atoms with E-state index in [1.165, 1.54) is 0 Å². The maximum Gasteiger partial charge on any atom is 0.267 e. The normalized spacial score (nSPS) is 10.9. The van der Waals surface area contributed by atoms with E-state index in [0.717, 1.165) is 6.20 Å². The number of hydrogen-bond donors (Lipinski definition) is 2. The van der Waals surface area contributed by atoms with Gasteiger partial charge in [0.05, 0.1) is 23.7 Å². The van der Waals surface area contributed by atoms with Crippen LogP contribution in [-0.4, -0.2) is 10.1 Å². The van der Waals surface area contributed by atoms with Gasteiger partial charge in [-0.15, -0.1) is 11.6 Å². The minimum Gasteiger partial charge on any atom is -0.398 e. The molecule has 78 valence electrons. The van der Waals surface area contributed by atoms with Crippen molar-refractivity contribution in [2.75, 3.05) is 5.73 Å². The number of alkyl halides is 3. The standard InChI is InChI=1S/C8H9ClF2N2O/c9-1-6-5(3-14)7(12)4(2-13-6)8(10)11/h2,8,14H,1,3H2,(H2,12,13). The highest BCUT2D eigenvalue weighted by molar-refractivity contribution is 6.17. The lowest BCUT2D eigenvalue weighted by Gasteiger charge is -2.11. The first-order valence-electron chi connectivity index (χ1n) is 3.82. The number of anilines is 1. The summed E-state index contributed by atoms with van der Waals surface area (Å²) >= 11 is 5.50. The molecule has 0 aliphatic rings. The van der Waals surface area contributed by atoms with Gasteiger partial charge in [-0.05, 0) is 0 Å². The topological polar surface area (TPSA) is 59.1 Å². The summed E-state index contributed by atoms with van der Waals surface area (Å²) in [6, 6.07) is 0. The van der Waals surface area contributed by atoms with Crippen molar-refractivity contribution in [2.24, 2.45) is 0 Å². The summed E-state index contributed by atoms with van der Waals surface area (Å²) in [5, 5.41) is 8.91. The zero-order valence-electron chi connectivity index (χ0n) is 7.17. The monoisotopic (exact) mass is 222 g/mol. The number of hydrogen-bond acceptors (Lipinski definition) is 3. The van der Waals surface area contributed by atoms with Gasteiger partial charge in [-0.3, -0.25) is 4.98 Å². The van der Waals surface area contributed by atoms with Crippen LogP contribution < -0.4 is 5.73 Å². The second kappa shape index (κ2) is 4.52. The Kier molecular flexibility index (Phi) is 3.60. The van der Waals surface area contributed by atoms with E-state index >= 15 is 0 Å². The maximum absolute atomic E-state index is 12.3. The molecule has 0 radical (unpaired) electrons. The van der Waals surface area contributed by atoms with E-state index in [1.54, 1.807) is 0 Å². The molecule has 6 heteroatoms. The number of nitrogens with zero attached hydrogens (tertiary/aromatic N) is 1. The molecule has 1 aromatic rings. The minimum atomic E-state index is -2.70. The molecular formula is C8H9ClF2N2O. The predicted octanol–water partition coefficient (Wildman–Crippen LogP) is 1.83. The Morgan fingerprint density at radius 2 is 2.21 bits per heavy atom. The van der Waals surface area contributed by atoms with Gasteiger partial charge in [-0.25, -0.2) is 8.78 Å². The molecule has 0 aliphatic heterocycles. The van der Waals surface area contributed by atoms with Crippen molar-refractivity contribution in [2.45, 2.75) is 18.9 Å². The van der Waals surface area contributed by atoms with Crippen LogP contribution in [0.15, 0.2) is 6.20 Å². The Bertz CT molecular complexity index is 333. The summed E-state index contributed by atoms with van der Waals surface area (Å²) in [5.74, 6) is 0.0314. The third-order valence-electron chi connectivity index (χ3n) is 1.86. The number of aliphatic hydroxyl groups is 1. The Morgan fingerprint density at radius 1 is 1.57 bits per heavy atom. The van der Waals surface area contributed by atoms with Gasteiger partial charge in [-0.2, -0.15) is 0 Å². The van der Waals surface area contributed by atoms with Crippen LogP contribution >= 0.6 is 11.6 Å². The van der Waals surface area contributed by atoms with Crippen molar-refractivity contribution >= 4 is 17.3 Å². The first-order valence-corrected chi connectivity index (χ1v) is 4.36. The molecule has 1 aromatic heterocycles. The first-order chi connectivity index (χ1) is 6.61. The van der Waals surface area contributed by atoms with E-state index in [0.29, 0.717) is 5.69 Å². The quantitative estimate of drug-likeness (QED) is 0.768. The van der Waals surface area contributed by atoms with Gasteiger partial charge in [0, 0.05) is 17.4 Å². The van der Waals surface area contributed by atoms with Gasteiger partial charge in [0.1, 0.15) is 0 Å². The molecule has 1 heterocycles. The van der Waals surface area contributed by atoms with Crippen molar-refractivity contribution in [1.29, 1.82) is 0 Å². The van der Waals surface area contributed by atoms with E-state index in [2.05, 4.69) is 4.98 Å². The number of rotatable bonds is 3. The lowest BCUT2D eigenvalue weighted by Crippen LogP contribution is -2.06. The van der Waals surface area contributed by atoms with Crippen molar-refractivity contribution < 1.29 is 13.9 Å². The van der Waals surface area contributed by atoms with Crippen LogP contribution in [0.3, 0.4) is 0 Å². The Labute approximate surface area is 84.5 Å². The third kappa shape index (κ3) is 1.93. The SMILES string of the molecule is Nc1c(C(F)F)cnc(CCl)c1CO. The number of aliphatic hydroxyl groups excluding tert-OH is 1. The van der Waals surface area contributed by atoms with Gasteiger partial charge in [0.15, 0.2) is 0 Å². The third-order valence-corrected chi connectivity index (χ3v) is 2.12. The van der Waals surface area contributed by atoms with Gasteiger partial charge < -0.3 is 10.8 Å². The van der Waals surface area contributed by atoms with Crippen molar-refractivity contribution in [3.05, 3.63) is 23.0 Å². The lowest BCUT2D eigenvalue weighted by atomic mass is 10.1. The number of nitrogen functional groups attached to an aromatic ring is 1. The summed E-state index contributed by atoms with van der Waals surface area (Å²) < 4.78 is 24.7. The minimum absolute atomic E-state index is 0.0314. The Hall–Kier alpha value is -0.940. The second-order valence-corrected chi connectivity index (χ2v) is 2.91. The number of aromatic nitrogens is 1. The van der Waals surface area contributed by atoms with Crippen LogP contribution in [0.2, 0.25) is 0 Å². The zero-order chi connectivity index (χ0) is 10.7. The van der Waals surface area contributed by atoms with Crippen LogP contribution in [0.4, 0.5) is 14.5 Å². The van der Waals surface area contributed by atoms with Crippen molar-refractivity contribution in [3.8, 4) is 0 Å². The number of nitrogens with two attached hydrogens (primary N) is 1. The van der Waals surface area contributed by atoms with E-state index in [1.807, 2.05) is 0 Å². The highest BCUT2D eigenvalue weighted by Crippen LogP contribution is 2.28. The average Bonchev–Trinajstić information content (AvgIpc) is 2.16. The zero-order valence-corrected chi connectivity index (χ0v) is 7.93. The molecule has 3 N–H and O–H groups in total. The summed E-state index contributed by atoms with van der Waals surface area (Å²) in [7, 11) is 0. The fourth-order valence-electron chi connectivity index (χ4n) is 1.09. The molecule has 0 spiro atoms. The van der Waals surface area contributed by atoms with Crippen LogP contribution in [0.5, 0.6) is 0 Å². The van der Waals surface area contributed by atoms with Crippen molar-refractivity contribution in [1.82, 2.24) is 4.98 Å². The molecular weight excluding hydrogens is 214 g/mol. The molecule has 14 heavy (non-hydrogen) atoms. The van der Waals surface area contributed by atoms with E-state index < -0.39 is 13.0 Å². The molecule has 0 bridgehead atoms. The molecule has 0 aromatic carbocycles. The smallest absolute Gasteiger partial charge is 0.267 e. The fourth-order valence-corrected chi connectivity index (χ4v) is 1.32. The van der Waals surface area contributed by atoms with Gasteiger partial charge in [-0.1, -0.05) is 0 Å². The highest BCUT2D eigenvalue weighted by Gasteiger charge is 2.17. The molecule has 0 atom stereocenters. The Balaban J connectivity index is 3.27. The lowest BCUT2D eigenvalue weighted by molar-refractivity contribution is 0.151.